The Bertz CT molecular complexity index is 1310. The minimum absolute atomic E-state index is 0.0289. The zero-order valence-corrected chi connectivity index (χ0v) is 18.1. The highest BCUT2D eigenvalue weighted by atomic mass is 32.2. The SMILES string of the molecule is CCN(c1ccccc1)S(=O)(=O)c1ccccc1NC(=O)c1cn2c(C)csc2n1. The number of aryl methyl sites for hydroxylation is 1. The number of aromatic nitrogens is 2. The first kappa shape index (κ1) is 20.1. The lowest BCUT2D eigenvalue weighted by molar-refractivity contribution is 0.102. The molecule has 0 saturated carbocycles. The van der Waals surface area contributed by atoms with Gasteiger partial charge >= 0.3 is 0 Å². The number of para-hydroxylation sites is 2. The van der Waals surface area contributed by atoms with E-state index in [9.17, 15) is 13.2 Å². The Hall–Kier alpha value is -3.17. The third-order valence-electron chi connectivity index (χ3n) is 4.66. The summed E-state index contributed by atoms with van der Waals surface area (Å²) in [6.45, 7) is 3.95. The Morgan fingerprint density at radius 2 is 1.83 bits per heavy atom. The van der Waals surface area contributed by atoms with Gasteiger partial charge in [-0.3, -0.25) is 13.5 Å². The molecule has 1 amide bonds. The van der Waals surface area contributed by atoms with E-state index in [0.717, 1.165) is 5.69 Å². The molecule has 0 unspecified atom stereocenters. The van der Waals surface area contributed by atoms with E-state index in [-0.39, 0.29) is 22.8 Å². The monoisotopic (exact) mass is 440 g/mol. The van der Waals surface area contributed by atoms with E-state index >= 15 is 0 Å². The van der Waals surface area contributed by atoms with Crippen molar-refractivity contribution in [3.8, 4) is 0 Å². The van der Waals surface area contributed by atoms with E-state index in [1.165, 1.54) is 21.7 Å². The van der Waals surface area contributed by atoms with Gasteiger partial charge in [-0.05, 0) is 38.1 Å². The molecule has 0 aliphatic rings. The number of benzene rings is 2. The van der Waals surface area contributed by atoms with Gasteiger partial charge < -0.3 is 5.32 Å². The number of sulfonamides is 1. The molecule has 2 aromatic heterocycles. The molecule has 0 aliphatic heterocycles. The van der Waals surface area contributed by atoms with Crippen LogP contribution in [0.15, 0.2) is 71.1 Å². The van der Waals surface area contributed by atoms with Crippen LogP contribution in [0.2, 0.25) is 0 Å². The van der Waals surface area contributed by atoms with Gasteiger partial charge in [-0.25, -0.2) is 13.4 Å². The quantitative estimate of drug-likeness (QED) is 0.488. The number of rotatable bonds is 6. The lowest BCUT2D eigenvalue weighted by atomic mass is 10.3. The normalized spacial score (nSPS) is 11.5. The minimum atomic E-state index is -3.89. The number of nitrogens with zero attached hydrogens (tertiary/aromatic N) is 3. The zero-order valence-electron chi connectivity index (χ0n) is 16.4. The summed E-state index contributed by atoms with van der Waals surface area (Å²) < 4.78 is 30.0. The number of fused-ring (bicyclic) bond motifs is 1. The van der Waals surface area contributed by atoms with Crippen LogP contribution in [0.4, 0.5) is 11.4 Å². The average molecular weight is 441 g/mol. The maximum Gasteiger partial charge on any atom is 0.275 e. The molecule has 0 spiro atoms. The molecule has 2 aromatic carbocycles. The Morgan fingerprint density at radius 1 is 1.13 bits per heavy atom. The molecule has 0 fully saturated rings. The molecule has 30 heavy (non-hydrogen) atoms. The number of imidazole rings is 1. The van der Waals surface area contributed by atoms with Crippen LogP contribution >= 0.6 is 11.3 Å². The molecule has 0 aliphatic carbocycles. The summed E-state index contributed by atoms with van der Waals surface area (Å²) in [5.74, 6) is -0.462. The van der Waals surface area contributed by atoms with E-state index in [2.05, 4.69) is 10.3 Å². The van der Waals surface area contributed by atoms with Gasteiger partial charge in [0.25, 0.3) is 15.9 Å². The predicted octanol–water partition coefficient (Wildman–Crippen LogP) is 4.17. The number of carbonyl (C=O) groups is 1. The first-order valence-corrected chi connectivity index (χ1v) is 11.6. The summed E-state index contributed by atoms with van der Waals surface area (Å²) in [5, 5.41) is 4.67. The lowest BCUT2D eigenvalue weighted by Gasteiger charge is -2.24. The Morgan fingerprint density at radius 3 is 2.53 bits per heavy atom. The smallest absolute Gasteiger partial charge is 0.275 e. The maximum absolute atomic E-state index is 13.4. The number of nitrogens with one attached hydrogen (secondary N) is 1. The fourth-order valence-corrected chi connectivity index (χ4v) is 5.66. The van der Waals surface area contributed by atoms with Gasteiger partial charge in [-0.2, -0.15) is 0 Å². The number of hydrogen-bond donors (Lipinski definition) is 1. The highest BCUT2D eigenvalue weighted by molar-refractivity contribution is 7.93. The highest BCUT2D eigenvalue weighted by Gasteiger charge is 2.27. The number of hydrogen-bond acceptors (Lipinski definition) is 5. The highest BCUT2D eigenvalue weighted by Crippen LogP contribution is 2.28. The molecule has 4 aromatic rings. The fraction of sp³-hybridized carbons (Fsp3) is 0.143. The molecular formula is C21H20N4O3S2. The molecule has 154 valence electrons. The molecule has 4 rings (SSSR count). The van der Waals surface area contributed by atoms with Crippen LogP contribution in [-0.2, 0) is 10.0 Å². The lowest BCUT2D eigenvalue weighted by Crippen LogP contribution is -2.31. The summed E-state index contributed by atoms with van der Waals surface area (Å²) >= 11 is 1.44. The summed E-state index contributed by atoms with van der Waals surface area (Å²) in [4.78, 5) is 17.9. The van der Waals surface area contributed by atoms with Crippen LogP contribution in [0.1, 0.15) is 23.1 Å². The van der Waals surface area contributed by atoms with Crippen molar-refractivity contribution in [1.82, 2.24) is 9.38 Å². The van der Waals surface area contributed by atoms with Crippen molar-refractivity contribution in [2.45, 2.75) is 18.7 Å². The largest absolute Gasteiger partial charge is 0.319 e. The van der Waals surface area contributed by atoms with Crippen LogP contribution in [0, 0.1) is 6.92 Å². The minimum Gasteiger partial charge on any atom is -0.319 e. The summed E-state index contributed by atoms with van der Waals surface area (Å²) in [6.07, 6.45) is 1.65. The Kier molecular flexibility index (Phi) is 5.31. The van der Waals surface area contributed by atoms with Gasteiger partial charge in [0, 0.05) is 23.8 Å². The van der Waals surface area contributed by atoms with Crippen molar-refractivity contribution in [3.05, 3.63) is 77.6 Å². The van der Waals surface area contributed by atoms with Gasteiger partial charge in [0.05, 0.1) is 11.4 Å². The van der Waals surface area contributed by atoms with Crippen LogP contribution in [-0.4, -0.2) is 30.3 Å². The van der Waals surface area contributed by atoms with Gasteiger partial charge in [0.1, 0.15) is 10.6 Å². The van der Waals surface area contributed by atoms with Gasteiger partial charge in [-0.1, -0.05) is 30.3 Å². The van der Waals surface area contributed by atoms with E-state index in [1.54, 1.807) is 55.6 Å². The van der Waals surface area contributed by atoms with E-state index in [0.29, 0.717) is 10.6 Å². The average Bonchev–Trinajstić information content (AvgIpc) is 3.32. The molecule has 1 N–H and O–H groups in total. The third-order valence-corrected chi connectivity index (χ3v) is 7.57. The van der Waals surface area contributed by atoms with Crippen LogP contribution < -0.4 is 9.62 Å². The van der Waals surface area contributed by atoms with Gasteiger partial charge in [-0.15, -0.1) is 11.3 Å². The van der Waals surface area contributed by atoms with E-state index in [1.807, 2.05) is 22.8 Å². The molecule has 0 bridgehead atoms. The second-order valence-electron chi connectivity index (χ2n) is 6.61. The van der Waals surface area contributed by atoms with Crippen LogP contribution in [0.25, 0.3) is 4.96 Å². The predicted molar refractivity (Wildman–Crippen MR) is 119 cm³/mol. The standard InChI is InChI=1S/C21H20N4O3S2/c1-3-25(16-9-5-4-6-10-16)30(27,28)19-12-8-7-11-17(19)22-20(26)18-13-24-15(2)14-29-21(24)23-18/h4-14H,3H2,1-2H3,(H,22,26). The zero-order chi connectivity index (χ0) is 21.3. The van der Waals surface area contributed by atoms with Crippen molar-refractivity contribution in [2.75, 3.05) is 16.2 Å². The van der Waals surface area contributed by atoms with E-state index in [4.69, 9.17) is 0 Å². The van der Waals surface area contributed by atoms with Crippen molar-refractivity contribution in [1.29, 1.82) is 0 Å². The summed E-state index contributed by atoms with van der Waals surface area (Å²) in [7, 11) is -3.89. The summed E-state index contributed by atoms with van der Waals surface area (Å²) in [6, 6.07) is 15.3. The van der Waals surface area contributed by atoms with Gasteiger partial charge in [0.2, 0.25) is 0 Å². The Labute approximate surface area is 178 Å². The van der Waals surface area contributed by atoms with Crippen molar-refractivity contribution < 1.29 is 13.2 Å². The number of anilines is 2. The number of carbonyl (C=O) groups excluding carboxylic acids is 1. The Balaban J connectivity index is 1.68. The molecule has 9 heteroatoms. The number of thiazole rings is 1. The molecule has 0 atom stereocenters. The molecule has 7 nitrogen and oxygen atoms in total. The molecule has 2 heterocycles. The number of amides is 1. The second-order valence-corrected chi connectivity index (χ2v) is 9.28. The first-order valence-electron chi connectivity index (χ1n) is 9.33. The van der Waals surface area contributed by atoms with Crippen LogP contribution in [0.3, 0.4) is 0 Å². The first-order chi connectivity index (χ1) is 14.4. The fourth-order valence-electron chi connectivity index (χ4n) is 3.19. The third kappa shape index (κ3) is 3.57. The molecule has 0 radical (unpaired) electrons. The van der Waals surface area contributed by atoms with Crippen LogP contribution in [0.5, 0.6) is 0 Å². The molecule has 0 saturated heterocycles. The van der Waals surface area contributed by atoms with Crippen molar-refractivity contribution in [3.63, 3.8) is 0 Å². The van der Waals surface area contributed by atoms with E-state index < -0.39 is 15.9 Å². The maximum atomic E-state index is 13.4. The van der Waals surface area contributed by atoms with Gasteiger partial charge in [0.15, 0.2) is 4.96 Å². The second kappa shape index (κ2) is 7.92. The van der Waals surface area contributed by atoms with Crippen molar-refractivity contribution >= 4 is 43.6 Å². The van der Waals surface area contributed by atoms with Crippen molar-refractivity contribution in [2.24, 2.45) is 0 Å². The topological polar surface area (TPSA) is 83.8 Å². The summed E-state index contributed by atoms with van der Waals surface area (Å²) in [5.41, 5.74) is 1.98. The molecular weight excluding hydrogens is 420 g/mol.